The van der Waals surface area contributed by atoms with E-state index in [1.807, 2.05) is 12.1 Å². The number of aromatic nitrogens is 4. The maximum Gasteiger partial charge on any atom is 0.187 e. The molecule has 0 radical (unpaired) electrons. The fraction of sp³-hybridized carbons (Fsp3) is 0. The highest BCUT2D eigenvalue weighted by molar-refractivity contribution is 9.10. The summed E-state index contributed by atoms with van der Waals surface area (Å²) in [4.78, 5) is 0. The molecule has 0 saturated heterocycles. The van der Waals surface area contributed by atoms with Crippen LogP contribution in [0, 0.1) is 5.82 Å². The molecule has 0 spiro atoms. The van der Waals surface area contributed by atoms with Gasteiger partial charge in [0.05, 0.1) is 5.69 Å². The first kappa shape index (κ1) is 12.7. The van der Waals surface area contributed by atoms with Gasteiger partial charge in [0.1, 0.15) is 5.82 Å². The third-order valence-corrected chi connectivity index (χ3v) is 3.52. The first-order valence-corrected chi connectivity index (χ1v) is 6.54. The second kappa shape index (κ2) is 5.01. The molecule has 0 saturated carbocycles. The van der Waals surface area contributed by atoms with E-state index in [1.54, 1.807) is 18.2 Å². The number of rotatable bonds is 2. The average molecular weight is 334 g/mol. The van der Waals surface area contributed by atoms with E-state index >= 15 is 0 Å². The molecule has 7 heteroatoms. The number of benzene rings is 2. The first-order valence-electron chi connectivity index (χ1n) is 5.75. The largest absolute Gasteiger partial charge is 0.398 e. The van der Waals surface area contributed by atoms with E-state index in [0.29, 0.717) is 17.2 Å². The smallest absolute Gasteiger partial charge is 0.187 e. The average Bonchev–Trinajstić information content (AvgIpc) is 2.92. The summed E-state index contributed by atoms with van der Waals surface area (Å²) in [7, 11) is 0. The van der Waals surface area contributed by atoms with Crippen molar-refractivity contribution in [2.24, 2.45) is 0 Å². The van der Waals surface area contributed by atoms with Gasteiger partial charge in [-0.1, -0.05) is 0 Å². The summed E-state index contributed by atoms with van der Waals surface area (Å²) in [5.41, 5.74) is 7.91. The Morgan fingerprint density at radius 1 is 1.10 bits per heavy atom. The van der Waals surface area contributed by atoms with Gasteiger partial charge in [-0.15, -0.1) is 5.10 Å². The fourth-order valence-electron chi connectivity index (χ4n) is 1.81. The Balaban J connectivity index is 2.10. The molecule has 1 heterocycles. The van der Waals surface area contributed by atoms with Crippen LogP contribution in [0.2, 0.25) is 0 Å². The molecule has 100 valence electrons. The molecule has 0 amide bonds. The molecule has 3 aromatic rings. The summed E-state index contributed by atoms with van der Waals surface area (Å²) in [5.74, 6) is 0.229. The zero-order valence-electron chi connectivity index (χ0n) is 10.2. The highest BCUT2D eigenvalue weighted by atomic mass is 79.9. The lowest BCUT2D eigenvalue weighted by Crippen LogP contribution is -2.00. The van der Waals surface area contributed by atoms with Crippen molar-refractivity contribution >= 4 is 21.6 Å². The highest BCUT2D eigenvalue weighted by Crippen LogP contribution is 2.26. The van der Waals surface area contributed by atoms with Gasteiger partial charge < -0.3 is 5.73 Å². The molecule has 2 N–H and O–H groups in total. The SMILES string of the molecule is Nc1cc(-c2nnnn2-c2ccc(F)cc2)ccc1Br. The van der Waals surface area contributed by atoms with Crippen LogP contribution in [0.4, 0.5) is 10.1 Å². The van der Waals surface area contributed by atoms with E-state index in [9.17, 15) is 4.39 Å². The summed E-state index contributed by atoms with van der Waals surface area (Å²) < 4.78 is 15.3. The van der Waals surface area contributed by atoms with E-state index < -0.39 is 0 Å². The molecule has 5 nitrogen and oxygen atoms in total. The Morgan fingerprint density at radius 2 is 1.85 bits per heavy atom. The summed E-state index contributed by atoms with van der Waals surface area (Å²) in [6, 6.07) is 11.4. The summed E-state index contributed by atoms with van der Waals surface area (Å²) in [6.07, 6.45) is 0. The predicted molar refractivity (Wildman–Crippen MR) is 76.7 cm³/mol. The van der Waals surface area contributed by atoms with Gasteiger partial charge in [-0.2, -0.15) is 4.68 Å². The third-order valence-electron chi connectivity index (χ3n) is 2.79. The predicted octanol–water partition coefficient (Wildman–Crippen LogP) is 2.81. The van der Waals surface area contributed by atoms with Crippen molar-refractivity contribution in [1.29, 1.82) is 0 Å². The van der Waals surface area contributed by atoms with Crippen molar-refractivity contribution in [3.8, 4) is 17.1 Å². The Morgan fingerprint density at radius 3 is 2.55 bits per heavy atom. The molecule has 0 aliphatic carbocycles. The molecule has 0 aliphatic heterocycles. The normalized spacial score (nSPS) is 10.7. The van der Waals surface area contributed by atoms with Gasteiger partial charge >= 0.3 is 0 Å². The number of nitrogen functional groups attached to an aromatic ring is 1. The molecule has 0 atom stereocenters. The van der Waals surface area contributed by atoms with Crippen LogP contribution in [0.15, 0.2) is 46.9 Å². The molecule has 20 heavy (non-hydrogen) atoms. The van der Waals surface area contributed by atoms with E-state index in [4.69, 9.17) is 5.73 Å². The van der Waals surface area contributed by atoms with Crippen LogP contribution < -0.4 is 5.73 Å². The number of nitrogens with two attached hydrogens (primary N) is 1. The van der Waals surface area contributed by atoms with Crippen LogP contribution in [-0.2, 0) is 0 Å². The highest BCUT2D eigenvalue weighted by Gasteiger charge is 2.11. The molecule has 0 unspecified atom stereocenters. The van der Waals surface area contributed by atoms with Crippen LogP contribution in [0.5, 0.6) is 0 Å². The Labute approximate surface area is 122 Å². The minimum atomic E-state index is -0.309. The second-order valence-corrected chi connectivity index (χ2v) is 4.98. The van der Waals surface area contributed by atoms with E-state index in [0.717, 1.165) is 10.0 Å². The zero-order valence-corrected chi connectivity index (χ0v) is 11.7. The molecular formula is C13H9BrFN5. The number of hydrogen-bond acceptors (Lipinski definition) is 4. The number of tetrazole rings is 1. The van der Waals surface area contributed by atoms with Crippen LogP contribution in [-0.4, -0.2) is 20.2 Å². The summed E-state index contributed by atoms with van der Waals surface area (Å²) in [6.45, 7) is 0. The van der Waals surface area contributed by atoms with E-state index in [-0.39, 0.29) is 5.82 Å². The molecule has 0 aliphatic rings. The molecule has 2 aromatic carbocycles. The van der Waals surface area contributed by atoms with Crippen LogP contribution in [0.1, 0.15) is 0 Å². The molecule has 1 aromatic heterocycles. The fourth-order valence-corrected chi connectivity index (χ4v) is 2.05. The van der Waals surface area contributed by atoms with Crippen molar-refractivity contribution < 1.29 is 4.39 Å². The van der Waals surface area contributed by atoms with E-state index in [1.165, 1.54) is 16.8 Å². The molecular weight excluding hydrogens is 325 g/mol. The lowest BCUT2D eigenvalue weighted by molar-refractivity contribution is 0.627. The van der Waals surface area contributed by atoms with Crippen LogP contribution >= 0.6 is 15.9 Å². The zero-order chi connectivity index (χ0) is 14.1. The summed E-state index contributed by atoms with van der Waals surface area (Å²) >= 11 is 3.34. The first-order chi connectivity index (χ1) is 9.65. The maximum atomic E-state index is 13.0. The van der Waals surface area contributed by atoms with Crippen LogP contribution in [0.3, 0.4) is 0 Å². The Bertz CT molecular complexity index is 754. The standard InChI is InChI=1S/C13H9BrFN5/c14-11-6-1-8(7-12(11)16)13-17-18-19-20(13)10-4-2-9(15)3-5-10/h1-7H,16H2. The van der Waals surface area contributed by atoms with Gasteiger partial charge in [0.25, 0.3) is 0 Å². The van der Waals surface area contributed by atoms with Crippen molar-refractivity contribution in [3.63, 3.8) is 0 Å². The van der Waals surface area contributed by atoms with Crippen LogP contribution in [0.25, 0.3) is 17.1 Å². The van der Waals surface area contributed by atoms with Gasteiger partial charge in [-0.05, 0) is 68.8 Å². The monoisotopic (exact) mass is 333 g/mol. The van der Waals surface area contributed by atoms with Gasteiger partial charge in [-0.25, -0.2) is 4.39 Å². The lowest BCUT2D eigenvalue weighted by Gasteiger charge is -2.06. The third kappa shape index (κ3) is 2.27. The Hall–Kier alpha value is -2.28. The molecule has 0 bridgehead atoms. The quantitative estimate of drug-likeness (QED) is 0.732. The van der Waals surface area contributed by atoms with Crippen molar-refractivity contribution in [2.45, 2.75) is 0 Å². The second-order valence-electron chi connectivity index (χ2n) is 4.13. The van der Waals surface area contributed by atoms with Crippen molar-refractivity contribution in [2.75, 3.05) is 5.73 Å². The number of anilines is 1. The lowest BCUT2D eigenvalue weighted by atomic mass is 10.2. The minimum absolute atomic E-state index is 0.309. The van der Waals surface area contributed by atoms with Crippen molar-refractivity contribution in [3.05, 3.63) is 52.8 Å². The van der Waals surface area contributed by atoms with E-state index in [2.05, 4.69) is 31.5 Å². The minimum Gasteiger partial charge on any atom is -0.398 e. The number of halogens is 2. The topological polar surface area (TPSA) is 69.6 Å². The Kier molecular flexibility index (Phi) is 3.19. The summed E-state index contributed by atoms with van der Waals surface area (Å²) in [5, 5.41) is 11.6. The maximum absolute atomic E-state index is 13.0. The van der Waals surface area contributed by atoms with Gasteiger partial charge in [-0.3, -0.25) is 0 Å². The van der Waals surface area contributed by atoms with Crippen molar-refractivity contribution in [1.82, 2.24) is 20.2 Å². The van der Waals surface area contributed by atoms with Gasteiger partial charge in [0.2, 0.25) is 0 Å². The number of nitrogens with zero attached hydrogens (tertiary/aromatic N) is 4. The molecule has 3 rings (SSSR count). The molecule has 0 fully saturated rings. The van der Waals surface area contributed by atoms with Gasteiger partial charge in [0.15, 0.2) is 5.82 Å². The van der Waals surface area contributed by atoms with Gasteiger partial charge in [0, 0.05) is 15.7 Å². The number of hydrogen-bond donors (Lipinski definition) is 1.